The molecule has 0 saturated heterocycles. The first-order valence-corrected chi connectivity index (χ1v) is 9.20. The number of fused-ring (bicyclic) bond motifs is 1. The Labute approximate surface area is 167 Å². The minimum absolute atomic E-state index is 0.215. The number of nitriles is 1. The summed E-state index contributed by atoms with van der Waals surface area (Å²) in [6.07, 6.45) is 1.77. The molecule has 0 saturated carbocycles. The second kappa shape index (κ2) is 7.00. The molecule has 0 unspecified atom stereocenters. The summed E-state index contributed by atoms with van der Waals surface area (Å²) in [6, 6.07) is 11.9. The summed E-state index contributed by atoms with van der Waals surface area (Å²) in [7, 11) is 1.85. The van der Waals surface area contributed by atoms with Gasteiger partial charge in [-0.3, -0.25) is 9.48 Å². The normalized spacial score (nSPS) is 11.0. The minimum Gasteiger partial charge on any atom is -0.325 e. The molecule has 0 aliphatic rings. The minimum atomic E-state index is -0.254. The molecule has 0 atom stereocenters. The number of hydrogen-bond acceptors (Lipinski definition) is 5. The highest BCUT2D eigenvalue weighted by Crippen LogP contribution is 2.36. The maximum absolute atomic E-state index is 12.1. The Hall–Kier alpha value is -3.76. The number of rotatable bonds is 3. The Balaban J connectivity index is 2.00. The van der Waals surface area contributed by atoms with Gasteiger partial charge in [0, 0.05) is 30.1 Å². The Bertz CT molecular complexity index is 1360. The molecule has 0 aliphatic heterocycles. The van der Waals surface area contributed by atoms with E-state index < -0.39 is 0 Å². The first-order valence-electron chi connectivity index (χ1n) is 9.20. The fourth-order valence-electron chi connectivity index (χ4n) is 3.67. The van der Waals surface area contributed by atoms with Crippen LogP contribution in [0.1, 0.15) is 22.4 Å². The van der Waals surface area contributed by atoms with Crippen molar-refractivity contribution in [3.8, 4) is 28.5 Å². The molecular formula is C22H20N6O. The number of nitrogens with zero attached hydrogens (tertiary/aromatic N) is 4. The van der Waals surface area contributed by atoms with Crippen LogP contribution in [0.2, 0.25) is 0 Å². The van der Waals surface area contributed by atoms with Gasteiger partial charge < -0.3 is 5.73 Å². The first-order chi connectivity index (χ1) is 14.0. The number of aromatic nitrogens is 4. The van der Waals surface area contributed by atoms with E-state index in [-0.39, 0.29) is 12.1 Å². The van der Waals surface area contributed by atoms with Crippen molar-refractivity contribution >= 4 is 10.8 Å². The third kappa shape index (κ3) is 2.91. The molecule has 7 heteroatoms. The summed E-state index contributed by atoms with van der Waals surface area (Å²) >= 11 is 0. The molecule has 4 rings (SSSR count). The van der Waals surface area contributed by atoms with Gasteiger partial charge in [0.05, 0.1) is 28.5 Å². The third-order valence-corrected chi connectivity index (χ3v) is 5.41. The Morgan fingerprint density at radius 1 is 1.17 bits per heavy atom. The summed E-state index contributed by atoms with van der Waals surface area (Å²) in [5.41, 5.74) is 12.3. The molecule has 0 spiro atoms. The first kappa shape index (κ1) is 18.6. The predicted molar refractivity (Wildman–Crippen MR) is 112 cm³/mol. The highest BCUT2D eigenvalue weighted by atomic mass is 16.1. The number of benzene rings is 2. The second-order valence-electron chi connectivity index (χ2n) is 7.04. The molecule has 2 aromatic heterocycles. The van der Waals surface area contributed by atoms with Crippen LogP contribution < -0.4 is 11.3 Å². The SMILES string of the molecule is Cc1ccc(-c2c(-c3ccc4c(=O)[nH]nc(CN)c4c3)cnn2C)c(C#N)c1C. The van der Waals surface area contributed by atoms with Crippen LogP contribution in [0.15, 0.2) is 41.3 Å². The Morgan fingerprint density at radius 3 is 2.69 bits per heavy atom. The van der Waals surface area contributed by atoms with Crippen molar-refractivity contribution in [3.05, 3.63) is 69.3 Å². The summed E-state index contributed by atoms with van der Waals surface area (Å²) in [5, 5.41) is 22.0. The van der Waals surface area contributed by atoms with Crippen LogP contribution in [0.5, 0.6) is 0 Å². The van der Waals surface area contributed by atoms with Crippen molar-refractivity contribution in [2.24, 2.45) is 12.8 Å². The Morgan fingerprint density at radius 2 is 1.97 bits per heavy atom. The smallest absolute Gasteiger partial charge is 0.272 e. The van der Waals surface area contributed by atoms with Crippen LogP contribution in [0.25, 0.3) is 33.2 Å². The lowest BCUT2D eigenvalue weighted by Crippen LogP contribution is -2.13. The molecule has 2 heterocycles. The van der Waals surface area contributed by atoms with Gasteiger partial charge in [-0.15, -0.1) is 0 Å². The average Bonchev–Trinajstić information content (AvgIpc) is 3.11. The van der Waals surface area contributed by atoms with Crippen molar-refractivity contribution < 1.29 is 0 Å². The van der Waals surface area contributed by atoms with E-state index in [4.69, 9.17) is 5.73 Å². The number of hydrogen-bond donors (Lipinski definition) is 2. The molecule has 0 radical (unpaired) electrons. The maximum Gasteiger partial charge on any atom is 0.272 e. The summed E-state index contributed by atoms with van der Waals surface area (Å²) < 4.78 is 1.77. The lowest BCUT2D eigenvalue weighted by molar-refractivity contribution is 0.775. The van der Waals surface area contributed by atoms with Gasteiger partial charge in [0.15, 0.2) is 0 Å². The molecule has 0 aliphatic carbocycles. The lowest BCUT2D eigenvalue weighted by atomic mass is 9.92. The van der Waals surface area contributed by atoms with Gasteiger partial charge in [-0.25, -0.2) is 5.10 Å². The molecule has 29 heavy (non-hydrogen) atoms. The highest BCUT2D eigenvalue weighted by Gasteiger charge is 2.19. The van der Waals surface area contributed by atoms with E-state index in [1.807, 2.05) is 45.2 Å². The molecular weight excluding hydrogens is 364 g/mol. The van der Waals surface area contributed by atoms with E-state index in [1.165, 1.54) is 0 Å². The standard InChI is InChI=1S/C22H20N6O/c1-12-4-6-15(18(9-23)13(12)2)21-19(11-25-28(21)3)14-5-7-16-17(8-14)20(10-24)26-27-22(16)29/h4-8,11H,10,24H2,1-3H3,(H,27,29). The zero-order valence-electron chi connectivity index (χ0n) is 16.4. The number of aryl methyl sites for hydroxylation is 2. The van der Waals surface area contributed by atoms with E-state index in [0.717, 1.165) is 33.5 Å². The summed E-state index contributed by atoms with van der Waals surface area (Å²) in [5.74, 6) is 0. The Kier molecular flexibility index (Phi) is 4.49. The molecule has 3 N–H and O–H groups in total. The molecule has 7 nitrogen and oxygen atoms in total. The van der Waals surface area contributed by atoms with Crippen molar-refractivity contribution in [1.82, 2.24) is 20.0 Å². The monoisotopic (exact) mass is 384 g/mol. The second-order valence-corrected chi connectivity index (χ2v) is 7.04. The van der Waals surface area contributed by atoms with Gasteiger partial charge in [-0.1, -0.05) is 18.2 Å². The molecule has 0 amide bonds. The van der Waals surface area contributed by atoms with Crippen LogP contribution in [-0.4, -0.2) is 20.0 Å². The largest absolute Gasteiger partial charge is 0.325 e. The van der Waals surface area contributed by atoms with Crippen LogP contribution in [0.3, 0.4) is 0 Å². The molecule has 144 valence electrons. The summed E-state index contributed by atoms with van der Waals surface area (Å²) in [4.78, 5) is 12.1. The van der Waals surface area contributed by atoms with Crippen LogP contribution in [0, 0.1) is 25.2 Å². The van der Waals surface area contributed by atoms with Crippen LogP contribution >= 0.6 is 0 Å². The number of nitrogens with one attached hydrogen (secondary N) is 1. The quantitative estimate of drug-likeness (QED) is 0.564. The number of H-pyrrole nitrogens is 1. The van der Waals surface area contributed by atoms with E-state index in [2.05, 4.69) is 21.4 Å². The van der Waals surface area contributed by atoms with E-state index in [1.54, 1.807) is 16.9 Å². The van der Waals surface area contributed by atoms with Crippen molar-refractivity contribution in [2.75, 3.05) is 0 Å². The van der Waals surface area contributed by atoms with Gasteiger partial charge in [0.1, 0.15) is 6.07 Å². The maximum atomic E-state index is 12.1. The third-order valence-electron chi connectivity index (χ3n) is 5.41. The molecule has 0 fully saturated rings. The van der Waals surface area contributed by atoms with Crippen molar-refractivity contribution in [2.45, 2.75) is 20.4 Å². The highest BCUT2D eigenvalue weighted by molar-refractivity contribution is 5.92. The fraction of sp³-hybridized carbons (Fsp3) is 0.182. The summed E-state index contributed by atoms with van der Waals surface area (Å²) in [6.45, 7) is 4.16. The fourth-order valence-corrected chi connectivity index (χ4v) is 3.67. The number of nitrogens with two attached hydrogens (primary N) is 1. The average molecular weight is 384 g/mol. The van der Waals surface area contributed by atoms with Crippen molar-refractivity contribution in [3.63, 3.8) is 0 Å². The van der Waals surface area contributed by atoms with Gasteiger partial charge >= 0.3 is 0 Å². The van der Waals surface area contributed by atoms with Gasteiger partial charge in [-0.2, -0.15) is 15.5 Å². The topological polar surface area (TPSA) is 113 Å². The molecule has 4 aromatic rings. The van der Waals surface area contributed by atoms with E-state index in [9.17, 15) is 10.1 Å². The van der Waals surface area contributed by atoms with Crippen LogP contribution in [-0.2, 0) is 13.6 Å². The zero-order chi connectivity index (χ0) is 20.7. The van der Waals surface area contributed by atoms with Crippen molar-refractivity contribution in [1.29, 1.82) is 5.26 Å². The lowest BCUT2D eigenvalue weighted by Gasteiger charge is -2.13. The molecule has 0 bridgehead atoms. The van der Waals surface area contributed by atoms with Gasteiger partial charge in [0.25, 0.3) is 5.56 Å². The molecule has 2 aromatic carbocycles. The zero-order valence-corrected chi connectivity index (χ0v) is 16.4. The van der Waals surface area contributed by atoms with E-state index in [0.29, 0.717) is 22.0 Å². The van der Waals surface area contributed by atoms with E-state index >= 15 is 0 Å². The predicted octanol–water partition coefficient (Wildman–Crippen LogP) is 2.94. The van der Waals surface area contributed by atoms with Gasteiger partial charge in [-0.05, 0) is 42.7 Å². The van der Waals surface area contributed by atoms with Crippen LogP contribution in [0.4, 0.5) is 0 Å². The van der Waals surface area contributed by atoms with Gasteiger partial charge in [0.2, 0.25) is 0 Å². The number of aromatic amines is 1.